The van der Waals surface area contributed by atoms with Gasteiger partial charge in [0.05, 0.1) is 6.61 Å². The van der Waals surface area contributed by atoms with E-state index in [4.69, 9.17) is 23.7 Å². The zero-order chi connectivity index (χ0) is 53.3. The summed E-state index contributed by atoms with van der Waals surface area (Å²) < 4.78 is 28.4. The Bertz CT molecular complexity index is 1460. The molecule has 1 heterocycles. The SMILES string of the molecule is CCCC/C=C\CCCCCCCC(=O)OC1C(OCC(COC(=O)CCCCCCCCC/C=C\C/C=C\CCCCC)OC(=O)CCCCCCC/C=C\CCCCCCCC)OC(C(=O)O)C(O)C1O. The van der Waals surface area contributed by atoms with E-state index in [9.17, 15) is 34.5 Å². The second-order valence-corrected chi connectivity index (χ2v) is 20.3. The number of hydrogen-bond donors (Lipinski definition) is 3. The Hall–Kier alpha value is -3.32. The van der Waals surface area contributed by atoms with Crippen LogP contribution < -0.4 is 0 Å². The Morgan fingerprint density at radius 3 is 1.32 bits per heavy atom. The van der Waals surface area contributed by atoms with Crippen molar-refractivity contribution in [2.75, 3.05) is 13.2 Å². The van der Waals surface area contributed by atoms with Gasteiger partial charge in [0.1, 0.15) is 18.8 Å². The molecule has 1 fully saturated rings. The van der Waals surface area contributed by atoms with Crippen LogP contribution in [0.1, 0.15) is 265 Å². The van der Waals surface area contributed by atoms with Gasteiger partial charge in [-0.2, -0.15) is 0 Å². The monoisotopic (exact) mass is 1030 g/mol. The van der Waals surface area contributed by atoms with Crippen LogP contribution in [0, 0.1) is 0 Å². The van der Waals surface area contributed by atoms with Crippen LogP contribution in [0.25, 0.3) is 0 Å². The predicted molar refractivity (Wildman–Crippen MR) is 294 cm³/mol. The lowest BCUT2D eigenvalue weighted by atomic mass is 9.98. The minimum Gasteiger partial charge on any atom is -0.479 e. The van der Waals surface area contributed by atoms with E-state index < -0.39 is 67.3 Å². The number of carboxylic acids is 1. The summed E-state index contributed by atoms with van der Waals surface area (Å²) in [6.07, 6.45) is 46.5. The van der Waals surface area contributed by atoms with E-state index in [0.29, 0.717) is 19.3 Å². The minimum absolute atomic E-state index is 0.0490. The van der Waals surface area contributed by atoms with E-state index in [1.807, 2.05) is 0 Å². The Labute approximate surface area is 443 Å². The Kier molecular flexibility index (Phi) is 45.9. The highest BCUT2D eigenvalue weighted by Gasteiger charge is 2.50. The van der Waals surface area contributed by atoms with Crippen molar-refractivity contribution in [1.29, 1.82) is 0 Å². The summed E-state index contributed by atoms with van der Waals surface area (Å²) in [5, 5.41) is 31.4. The minimum atomic E-state index is -1.91. The number of carboxylic acid groups (broad SMARTS) is 1. The third-order valence-electron chi connectivity index (χ3n) is 13.3. The number of aliphatic hydroxyl groups excluding tert-OH is 2. The number of unbranched alkanes of at least 4 members (excludes halogenated alkanes) is 28. The van der Waals surface area contributed by atoms with Crippen LogP contribution in [0.3, 0.4) is 0 Å². The van der Waals surface area contributed by atoms with Gasteiger partial charge in [-0.15, -0.1) is 0 Å². The lowest BCUT2D eigenvalue weighted by molar-refractivity contribution is -0.301. The molecular formula is C61H106O12. The van der Waals surface area contributed by atoms with Gasteiger partial charge in [0.2, 0.25) is 0 Å². The maximum atomic E-state index is 13.1. The van der Waals surface area contributed by atoms with Gasteiger partial charge in [-0.05, 0) is 96.3 Å². The Morgan fingerprint density at radius 1 is 0.452 bits per heavy atom. The fourth-order valence-corrected chi connectivity index (χ4v) is 8.73. The quantitative estimate of drug-likeness (QED) is 0.0228. The molecule has 12 nitrogen and oxygen atoms in total. The molecule has 0 amide bonds. The van der Waals surface area contributed by atoms with Gasteiger partial charge in [-0.1, -0.05) is 198 Å². The summed E-state index contributed by atoms with van der Waals surface area (Å²) in [5.41, 5.74) is 0. The average molecular weight is 1030 g/mol. The molecule has 6 unspecified atom stereocenters. The summed E-state index contributed by atoms with van der Waals surface area (Å²) in [6, 6.07) is 0. The number of ether oxygens (including phenoxy) is 5. The predicted octanol–water partition coefficient (Wildman–Crippen LogP) is 15.0. The maximum absolute atomic E-state index is 13.1. The van der Waals surface area contributed by atoms with E-state index in [1.165, 1.54) is 89.9 Å². The number of carbonyl (C=O) groups is 4. The molecule has 6 atom stereocenters. The van der Waals surface area contributed by atoms with Crippen molar-refractivity contribution in [2.24, 2.45) is 0 Å². The van der Waals surface area contributed by atoms with Gasteiger partial charge in [0, 0.05) is 19.3 Å². The first kappa shape index (κ1) is 67.7. The van der Waals surface area contributed by atoms with Crippen LogP contribution in [0.15, 0.2) is 48.6 Å². The number of rotatable bonds is 50. The van der Waals surface area contributed by atoms with Crippen molar-refractivity contribution in [2.45, 2.75) is 302 Å². The van der Waals surface area contributed by atoms with E-state index >= 15 is 0 Å². The third kappa shape index (κ3) is 39.7. The van der Waals surface area contributed by atoms with Crippen molar-refractivity contribution in [3.63, 3.8) is 0 Å². The maximum Gasteiger partial charge on any atom is 0.335 e. The average Bonchev–Trinajstić information content (AvgIpc) is 3.37. The highest BCUT2D eigenvalue weighted by Crippen LogP contribution is 2.26. The molecule has 0 saturated carbocycles. The topological polar surface area (TPSA) is 175 Å². The molecule has 0 bridgehead atoms. The van der Waals surface area contributed by atoms with Crippen molar-refractivity contribution in [3.05, 3.63) is 48.6 Å². The normalized spacial score (nSPS) is 18.6. The van der Waals surface area contributed by atoms with Gasteiger partial charge in [-0.3, -0.25) is 14.4 Å². The molecule has 0 aromatic carbocycles. The molecule has 3 N–H and O–H groups in total. The van der Waals surface area contributed by atoms with Gasteiger partial charge in [0.15, 0.2) is 24.6 Å². The zero-order valence-electron chi connectivity index (χ0n) is 46.4. The number of hydrogen-bond acceptors (Lipinski definition) is 11. The smallest absolute Gasteiger partial charge is 0.335 e. The second-order valence-electron chi connectivity index (χ2n) is 20.3. The summed E-state index contributed by atoms with van der Waals surface area (Å²) >= 11 is 0. The molecule has 1 rings (SSSR count). The van der Waals surface area contributed by atoms with Gasteiger partial charge >= 0.3 is 23.9 Å². The lowest BCUT2D eigenvalue weighted by Crippen LogP contribution is -2.61. The molecule has 1 saturated heterocycles. The van der Waals surface area contributed by atoms with Crippen LogP contribution in [0.5, 0.6) is 0 Å². The summed E-state index contributed by atoms with van der Waals surface area (Å²) in [7, 11) is 0. The number of aliphatic carboxylic acids is 1. The largest absolute Gasteiger partial charge is 0.479 e. The standard InChI is InChI=1S/C61H106O12/c1-4-7-10-13-16-19-22-24-26-27-29-30-33-35-38-41-44-47-53(62)69-50-52(71-54(63)48-45-42-39-37-34-31-28-25-23-20-17-14-11-8-5-2)51-70-61-59(57(66)56(65)58(73-61)60(67)68)72-55(64)49-46-43-40-36-32-21-18-15-12-9-6-3/h15-16,18-19,24-26,28,52,56-59,61,65-66H,4-14,17,20-23,27,29-51H2,1-3H3,(H,67,68)/b18-15-,19-16-,26-24-,28-25-. The molecule has 1 aliphatic rings. The molecule has 0 aromatic heterocycles. The van der Waals surface area contributed by atoms with Crippen LogP contribution in [0.2, 0.25) is 0 Å². The van der Waals surface area contributed by atoms with Crippen molar-refractivity contribution >= 4 is 23.9 Å². The molecule has 12 heteroatoms. The van der Waals surface area contributed by atoms with Crippen LogP contribution in [-0.4, -0.2) is 89.2 Å². The number of esters is 3. The van der Waals surface area contributed by atoms with Crippen LogP contribution >= 0.6 is 0 Å². The lowest BCUT2D eigenvalue weighted by Gasteiger charge is -2.40. The molecule has 1 aliphatic heterocycles. The zero-order valence-corrected chi connectivity index (χ0v) is 46.4. The molecule has 73 heavy (non-hydrogen) atoms. The number of carbonyl (C=O) groups excluding carboxylic acids is 3. The van der Waals surface area contributed by atoms with Crippen LogP contribution in [-0.2, 0) is 42.9 Å². The molecular weight excluding hydrogens is 925 g/mol. The van der Waals surface area contributed by atoms with E-state index in [2.05, 4.69) is 69.4 Å². The molecule has 422 valence electrons. The number of allylic oxidation sites excluding steroid dienone is 8. The van der Waals surface area contributed by atoms with Crippen molar-refractivity contribution < 1.29 is 58.2 Å². The van der Waals surface area contributed by atoms with Gasteiger partial charge in [0.25, 0.3) is 0 Å². The fourth-order valence-electron chi connectivity index (χ4n) is 8.73. The second kappa shape index (κ2) is 49.6. The highest BCUT2D eigenvalue weighted by molar-refractivity contribution is 5.74. The first-order valence-corrected chi connectivity index (χ1v) is 29.6. The first-order valence-electron chi connectivity index (χ1n) is 29.6. The third-order valence-corrected chi connectivity index (χ3v) is 13.3. The molecule has 0 aromatic rings. The number of aliphatic hydroxyl groups is 2. The highest BCUT2D eigenvalue weighted by atomic mass is 16.7. The van der Waals surface area contributed by atoms with Crippen molar-refractivity contribution in [3.8, 4) is 0 Å². The Balaban J connectivity index is 2.69. The summed E-state index contributed by atoms with van der Waals surface area (Å²) in [5.74, 6) is -3.14. The van der Waals surface area contributed by atoms with Crippen molar-refractivity contribution in [1.82, 2.24) is 0 Å². The first-order chi connectivity index (χ1) is 35.6. The summed E-state index contributed by atoms with van der Waals surface area (Å²) in [4.78, 5) is 51.0. The molecule has 0 aliphatic carbocycles. The molecule has 0 radical (unpaired) electrons. The summed E-state index contributed by atoms with van der Waals surface area (Å²) in [6.45, 7) is 5.91. The molecule has 0 spiro atoms. The van der Waals surface area contributed by atoms with Crippen LogP contribution in [0.4, 0.5) is 0 Å². The van der Waals surface area contributed by atoms with E-state index in [1.54, 1.807) is 0 Å². The van der Waals surface area contributed by atoms with Gasteiger partial charge < -0.3 is 39.0 Å². The Morgan fingerprint density at radius 2 is 0.836 bits per heavy atom. The fraction of sp³-hybridized carbons (Fsp3) is 0.803. The van der Waals surface area contributed by atoms with E-state index in [-0.39, 0.29) is 25.9 Å². The van der Waals surface area contributed by atoms with E-state index in [0.717, 1.165) is 116 Å². The van der Waals surface area contributed by atoms with Gasteiger partial charge in [-0.25, -0.2) is 4.79 Å².